The SMILES string of the molecule is O=C(CNCc1c(Cl)cccc1Cl)N1CCCC1. The molecule has 0 saturated carbocycles. The molecule has 1 fully saturated rings. The van der Waals surface area contributed by atoms with Crippen LogP contribution in [0, 0.1) is 0 Å². The predicted octanol–water partition coefficient (Wildman–Crippen LogP) is 2.71. The number of nitrogens with one attached hydrogen (secondary N) is 1. The second-order valence-corrected chi connectivity index (χ2v) is 5.21. The van der Waals surface area contributed by atoms with E-state index >= 15 is 0 Å². The summed E-state index contributed by atoms with van der Waals surface area (Å²) in [6.07, 6.45) is 2.23. The first-order valence-corrected chi connectivity index (χ1v) is 6.85. The van der Waals surface area contributed by atoms with Crippen molar-refractivity contribution < 1.29 is 4.79 Å². The Morgan fingerprint density at radius 1 is 1.22 bits per heavy atom. The fraction of sp³-hybridized carbons (Fsp3) is 0.462. The maximum Gasteiger partial charge on any atom is 0.236 e. The van der Waals surface area contributed by atoms with Crippen LogP contribution < -0.4 is 5.32 Å². The van der Waals surface area contributed by atoms with Gasteiger partial charge in [0, 0.05) is 35.2 Å². The Morgan fingerprint density at radius 3 is 2.44 bits per heavy atom. The van der Waals surface area contributed by atoms with Gasteiger partial charge >= 0.3 is 0 Å². The van der Waals surface area contributed by atoms with E-state index < -0.39 is 0 Å². The minimum absolute atomic E-state index is 0.149. The van der Waals surface area contributed by atoms with Gasteiger partial charge in [0.05, 0.1) is 6.54 Å². The highest BCUT2D eigenvalue weighted by Crippen LogP contribution is 2.23. The molecule has 0 bridgehead atoms. The van der Waals surface area contributed by atoms with E-state index in [1.54, 1.807) is 12.1 Å². The number of likely N-dealkylation sites (tertiary alicyclic amines) is 1. The molecular formula is C13H16Cl2N2O. The number of rotatable bonds is 4. The second kappa shape index (κ2) is 6.41. The molecule has 1 aliphatic rings. The van der Waals surface area contributed by atoms with Gasteiger partial charge in [0.2, 0.25) is 5.91 Å². The van der Waals surface area contributed by atoms with Gasteiger partial charge in [-0.05, 0) is 25.0 Å². The molecule has 0 aromatic heterocycles. The minimum atomic E-state index is 0.149. The highest BCUT2D eigenvalue weighted by Gasteiger charge is 2.17. The quantitative estimate of drug-likeness (QED) is 0.923. The lowest BCUT2D eigenvalue weighted by molar-refractivity contribution is -0.129. The zero-order chi connectivity index (χ0) is 13.0. The van der Waals surface area contributed by atoms with E-state index in [1.165, 1.54) is 0 Å². The zero-order valence-corrected chi connectivity index (χ0v) is 11.6. The standard InChI is InChI=1S/C13H16Cl2N2O/c14-11-4-3-5-12(15)10(11)8-16-9-13(18)17-6-1-2-7-17/h3-5,16H,1-2,6-9H2. The van der Waals surface area contributed by atoms with E-state index in [2.05, 4.69) is 5.32 Å². The zero-order valence-electron chi connectivity index (χ0n) is 10.1. The second-order valence-electron chi connectivity index (χ2n) is 4.39. The van der Waals surface area contributed by atoms with Crippen molar-refractivity contribution in [3.8, 4) is 0 Å². The van der Waals surface area contributed by atoms with Crippen LogP contribution in [-0.4, -0.2) is 30.4 Å². The Morgan fingerprint density at radius 2 is 1.83 bits per heavy atom. The van der Waals surface area contributed by atoms with Gasteiger partial charge in [0.25, 0.3) is 0 Å². The summed E-state index contributed by atoms with van der Waals surface area (Å²) in [6.45, 7) is 2.61. The molecule has 1 amide bonds. The summed E-state index contributed by atoms with van der Waals surface area (Å²) in [5.74, 6) is 0.149. The van der Waals surface area contributed by atoms with Crippen molar-refractivity contribution in [3.63, 3.8) is 0 Å². The van der Waals surface area contributed by atoms with E-state index in [0.29, 0.717) is 23.1 Å². The molecule has 1 heterocycles. The number of amides is 1. The lowest BCUT2D eigenvalue weighted by Gasteiger charge is -2.16. The van der Waals surface area contributed by atoms with Gasteiger partial charge < -0.3 is 10.2 Å². The normalized spacial score (nSPS) is 15.1. The highest BCUT2D eigenvalue weighted by molar-refractivity contribution is 6.35. The maximum absolute atomic E-state index is 11.8. The van der Waals surface area contributed by atoms with Gasteiger partial charge in [-0.2, -0.15) is 0 Å². The van der Waals surface area contributed by atoms with Crippen molar-refractivity contribution in [3.05, 3.63) is 33.8 Å². The van der Waals surface area contributed by atoms with E-state index in [1.807, 2.05) is 11.0 Å². The molecule has 18 heavy (non-hydrogen) atoms. The Balaban J connectivity index is 1.83. The van der Waals surface area contributed by atoms with E-state index in [4.69, 9.17) is 23.2 Å². The molecule has 2 rings (SSSR count). The Labute approximate surface area is 117 Å². The molecule has 1 aromatic carbocycles. The predicted molar refractivity (Wildman–Crippen MR) is 74.0 cm³/mol. The van der Waals surface area contributed by atoms with Crippen LogP contribution in [0.2, 0.25) is 10.0 Å². The Bertz CT molecular complexity index is 411. The molecule has 1 N–H and O–H groups in total. The van der Waals surface area contributed by atoms with Crippen molar-refractivity contribution in [2.75, 3.05) is 19.6 Å². The number of carbonyl (C=O) groups is 1. The molecule has 0 unspecified atom stereocenters. The van der Waals surface area contributed by atoms with Crippen molar-refractivity contribution in [1.82, 2.24) is 10.2 Å². The third-order valence-electron chi connectivity index (χ3n) is 3.10. The van der Waals surface area contributed by atoms with Crippen molar-refractivity contribution in [2.45, 2.75) is 19.4 Å². The molecular weight excluding hydrogens is 271 g/mol. The molecule has 1 saturated heterocycles. The van der Waals surface area contributed by atoms with Gasteiger partial charge in [-0.3, -0.25) is 4.79 Å². The smallest absolute Gasteiger partial charge is 0.236 e. The fourth-order valence-electron chi connectivity index (χ4n) is 2.07. The van der Waals surface area contributed by atoms with Gasteiger partial charge in [-0.15, -0.1) is 0 Å². The number of hydrogen-bond donors (Lipinski definition) is 1. The summed E-state index contributed by atoms with van der Waals surface area (Å²) in [5.41, 5.74) is 0.843. The first-order chi connectivity index (χ1) is 8.68. The van der Waals surface area contributed by atoms with Crippen molar-refractivity contribution in [2.24, 2.45) is 0 Å². The summed E-state index contributed by atoms with van der Waals surface area (Å²) in [4.78, 5) is 13.7. The molecule has 1 aliphatic heterocycles. The minimum Gasteiger partial charge on any atom is -0.342 e. The Hall–Kier alpha value is -0.770. The molecule has 1 aromatic rings. The first-order valence-electron chi connectivity index (χ1n) is 6.10. The molecule has 0 spiro atoms. The van der Waals surface area contributed by atoms with Crippen LogP contribution >= 0.6 is 23.2 Å². The molecule has 0 aliphatic carbocycles. The lowest BCUT2D eigenvalue weighted by Crippen LogP contribution is -2.36. The van der Waals surface area contributed by atoms with Crippen LogP contribution in [0.15, 0.2) is 18.2 Å². The summed E-state index contributed by atoms with van der Waals surface area (Å²) in [6, 6.07) is 5.41. The molecule has 98 valence electrons. The molecule has 3 nitrogen and oxygen atoms in total. The first kappa shape index (κ1) is 13.7. The molecule has 5 heteroatoms. The van der Waals surface area contributed by atoms with Crippen LogP contribution in [0.3, 0.4) is 0 Å². The summed E-state index contributed by atoms with van der Waals surface area (Å²) < 4.78 is 0. The van der Waals surface area contributed by atoms with E-state index in [-0.39, 0.29) is 5.91 Å². The van der Waals surface area contributed by atoms with Crippen LogP contribution in [-0.2, 0) is 11.3 Å². The number of hydrogen-bond acceptors (Lipinski definition) is 2. The van der Waals surface area contributed by atoms with Crippen molar-refractivity contribution >= 4 is 29.1 Å². The van der Waals surface area contributed by atoms with Gasteiger partial charge in [-0.25, -0.2) is 0 Å². The van der Waals surface area contributed by atoms with E-state index in [0.717, 1.165) is 31.5 Å². The maximum atomic E-state index is 11.8. The molecule has 0 atom stereocenters. The topological polar surface area (TPSA) is 32.3 Å². The number of nitrogens with zero attached hydrogens (tertiary/aromatic N) is 1. The van der Waals surface area contributed by atoms with Gasteiger partial charge in [0.1, 0.15) is 0 Å². The number of benzene rings is 1. The van der Waals surface area contributed by atoms with Gasteiger partial charge in [-0.1, -0.05) is 29.3 Å². The lowest BCUT2D eigenvalue weighted by atomic mass is 10.2. The number of halogens is 2. The highest BCUT2D eigenvalue weighted by atomic mass is 35.5. The van der Waals surface area contributed by atoms with Crippen LogP contribution in [0.4, 0.5) is 0 Å². The third-order valence-corrected chi connectivity index (χ3v) is 3.81. The average molecular weight is 287 g/mol. The van der Waals surface area contributed by atoms with E-state index in [9.17, 15) is 4.79 Å². The summed E-state index contributed by atoms with van der Waals surface area (Å²) in [5, 5.41) is 4.36. The van der Waals surface area contributed by atoms with Crippen LogP contribution in [0.5, 0.6) is 0 Å². The van der Waals surface area contributed by atoms with Gasteiger partial charge in [0.15, 0.2) is 0 Å². The average Bonchev–Trinajstić information content (AvgIpc) is 2.86. The fourth-order valence-corrected chi connectivity index (χ4v) is 2.61. The monoisotopic (exact) mass is 286 g/mol. The van der Waals surface area contributed by atoms with Crippen LogP contribution in [0.1, 0.15) is 18.4 Å². The van der Waals surface area contributed by atoms with Crippen LogP contribution in [0.25, 0.3) is 0 Å². The summed E-state index contributed by atoms with van der Waals surface area (Å²) in [7, 11) is 0. The third kappa shape index (κ3) is 3.37. The number of carbonyl (C=O) groups excluding carboxylic acids is 1. The van der Waals surface area contributed by atoms with Crippen molar-refractivity contribution in [1.29, 1.82) is 0 Å². The Kier molecular flexibility index (Phi) is 4.87. The molecule has 0 radical (unpaired) electrons. The summed E-state index contributed by atoms with van der Waals surface area (Å²) >= 11 is 12.1. The largest absolute Gasteiger partial charge is 0.342 e.